The molecule has 30 heavy (non-hydrogen) atoms. The number of ether oxygens (including phenoxy) is 1. The minimum absolute atomic E-state index is 0.230. The van der Waals surface area contributed by atoms with Gasteiger partial charge in [-0.3, -0.25) is 9.69 Å². The van der Waals surface area contributed by atoms with Gasteiger partial charge in [0.2, 0.25) is 0 Å². The van der Waals surface area contributed by atoms with Gasteiger partial charge in [-0.05, 0) is 49.9 Å². The van der Waals surface area contributed by atoms with Gasteiger partial charge in [0.1, 0.15) is 18.2 Å². The quantitative estimate of drug-likeness (QED) is 0.509. The van der Waals surface area contributed by atoms with Gasteiger partial charge in [-0.25, -0.2) is 9.37 Å². The highest BCUT2D eigenvalue weighted by atomic mass is 32.1. The minimum Gasteiger partial charge on any atom is -0.492 e. The summed E-state index contributed by atoms with van der Waals surface area (Å²) in [6, 6.07) is 13.7. The van der Waals surface area contributed by atoms with Crippen molar-refractivity contribution in [3.63, 3.8) is 0 Å². The van der Waals surface area contributed by atoms with Crippen LogP contribution in [0.5, 0.6) is 5.75 Å². The van der Waals surface area contributed by atoms with Gasteiger partial charge in [0.25, 0.3) is 5.91 Å². The van der Waals surface area contributed by atoms with E-state index < -0.39 is 5.82 Å². The molecule has 0 aliphatic heterocycles. The molecule has 2 aromatic carbocycles. The second-order valence-corrected chi connectivity index (χ2v) is 8.32. The van der Waals surface area contributed by atoms with Gasteiger partial charge < -0.3 is 9.64 Å². The van der Waals surface area contributed by atoms with E-state index in [0.717, 1.165) is 29.5 Å². The van der Waals surface area contributed by atoms with Crippen LogP contribution in [0.4, 0.5) is 4.39 Å². The van der Waals surface area contributed by atoms with Crippen LogP contribution in [-0.2, 0) is 13.1 Å². The Morgan fingerprint density at radius 1 is 1.13 bits per heavy atom. The average Bonchev–Trinajstić information content (AvgIpc) is 3.13. The molecule has 5 nitrogen and oxygen atoms in total. The number of halogens is 1. The molecule has 0 radical (unpaired) electrons. The second-order valence-electron chi connectivity index (χ2n) is 7.26. The van der Waals surface area contributed by atoms with Crippen LogP contribution >= 0.6 is 11.3 Å². The highest BCUT2D eigenvalue weighted by Gasteiger charge is 2.12. The Bertz CT molecular complexity index is 975. The molecule has 0 unspecified atom stereocenters. The fourth-order valence-corrected chi connectivity index (χ4v) is 3.66. The molecule has 1 amide bonds. The Labute approximate surface area is 180 Å². The molecule has 0 saturated carbocycles. The van der Waals surface area contributed by atoms with Crippen LogP contribution in [-0.4, -0.2) is 47.9 Å². The molecule has 0 atom stereocenters. The van der Waals surface area contributed by atoms with E-state index in [1.807, 2.05) is 31.2 Å². The Morgan fingerprint density at radius 2 is 1.90 bits per heavy atom. The standard InChI is InChI=1S/C23H26FN3O2S/c1-17-25-21(16-30-17)15-26(2)14-18-7-9-22(10-8-18)29-12-11-27(3)23(28)19-5-4-6-20(24)13-19/h4-10,13,16H,11-12,14-15H2,1-3H3. The summed E-state index contributed by atoms with van der Waals surface area (Å²) in [6.07, 6.45) is 0. The summed E-state index contributed by atoms with van der Waals surface area (Å²) in [7, 11) is 3.75. The van der Waals surface area contributed by atoms with E-state index in [1.54, 1.807) is 24.5 Å². The number of thiazole rings is 1. The Morgan fingerprint density at radius 3 is 2.57 bits per heavy atom. The highest BCUT2D eigenvalue weighted by Crippen LogP contribution is 2.15. The largest absolute Gasteiger partial charge is 0.492 e. The number of benzene rings is 2. The lowest BCUT2D eigenvalue weighted by Gasteiger charge is -2.18. The maximum absolute atomic E-state index is 13.3. The van der Waals surface area contributed by atoms with E-state index in [2.05, 4.69) is 22.3 Å². The van der Waals surface area contributed by atoms with Gasteiger partial charge in [-0.2, -0.15) is 0 Å². The van der Waals surface area contributed by atoms with Crippen molar-refractivity contribution in [2.45, 2.75) is 20.0 Å². The summed E-state index contributed by atoms with van der Waals surface area (Å²) in [6.45, 7) is 4.42. The highest BCUT2D eigenvalue weighted by molar-refractivity contribution is 7.09. The minimum atomic E-state index is -0.419. The number of likely N-dealkylation sites (N-methyl/N-ethyl adjacent to an activating group) is 1. The summed E-state index contributed by atoms with van der Waals surface area (Å²) >= 11 is 1.67. The van der Waals surface area contributed by atoms with Crippen molar-refractivity contribution >= 4 is 17.2 Å². The molecule has 0 bridgehead atoms. The Hall–Kier alpha value is -2.77. The van der Waals surface area contributed by atoms with Crippen LogP contribution in [0.15, 0.2) is 53.9 Å². The predicted octanol–water partition coefficient (Wildman–Crippen LogP) is 4.37. The summed E-state index contributed by atoms with van der Waals surface area (Å²) in [5, 5.41) is 3.18. The third-order valence-electron chi connectivity index (χ3n) is 4.59. The smallest absolute Gasteiger partial charge is 0.253 e. The van der Waals surface area contributed by atoms with Crippen LogP contribution in [0.1, 0.15) is 26.6 Å². The molecule has 0 N–H and O–H groups in total. The van der Waals surface area contributed by atoms with Gasteiger partial charge in [-0.15, -0.1) is 11.3 Å². The monoisotopic (exact) mass is 427 g/mol. The van der Waals surface area contributed by atoms with E-state index in [1.165, 1.54) is 28.7 Å². The molecule has 3 aromatic rings. The third kappa shape index (κ3) is 6.37. The lowest BCUT2D eigenvalue weighted by Crippen LogP contribution is -2.30. The van der Waals surface area contributed by atoms with Gasteiger partial charge in [-0.1, -0.05) is 18.2 Å². The first kappa shape index (κ1) is 21.9. The molecule has 7 heteroatoms. The van der Waals surface area contributed by atoms with Crippen molar-refractivity contribution in [2.75, 3.05) is 27.2 Å². The first-order valence-electron chi connectivity index (χ1n) is 9.73. The second kappa shape index (κ2) is 10.3. The number of amides is 1. The molecular formula is C23H26FN3O2S. The number of hydrogen-bond donors (Lipinski definition) is 0. The molecule has 0 aliphatic rings. The predicted molar refractivity (Wildman–Crippen MR) is 117 cm³/mol. The number of aromatic nitrogens is 1. The topological polar surface area (TPSA) is 45.7 Å². The van der Waals surface area contributed by atoms with Crippen molar-refractivity contribution in [1.82, 2.24) is 14.8 Å². The molecule has 1 heterocycles. The number of aryl methyl sites for hydroxylation is 1. The molecule has 0 spiro atoms. The Balaban J connectivity index is 1.43. The average molecular weight is 428 g/mol. The number of carbonyl (C=O) groups excluding carboxylic acids is 1. The van der Waals surface area contributed by atoms with E-state index in [-0.39, 0.29) is 5.91 Å². The molecule has 0 aliphatic carbocycles. The normalized spacial score (nSPS) is 11.0. The third-order valence-corrected chi connectivity index (χ3v) is 5.41. The SMILES string of the molecule is Cc1nc(CN(C)Cc2ccc(OCCN(C)C(=O)c3cccc(F)c3)cc2)cs1. The van der Waals surface area contributed by atoms with Crippen LogP contribution in [0.25, 0.3) is 0 Å². The van der Waals surface area contributed by atoms with Gasteiger partial charge in [0.15, 0.2) is 0 Å². The number of nitrogens with zero attached hydrogens (tertiary/aromatic N) is 3. The van der Waals surface area contributed by atoms with Crippen LogP contribution < -0.4 is 4.74 Å². The van der Waals surface area contributed by atoms with Crippen molar-refractivity contribution < 1.29 is 13.9 Å². The number of hydrogen-bond acceptors (Lipinski definition) is 5. The number of carbonyl (C=O) groups is 1. The molecule has 158 valence electrons. The molecule has 3 rings (SSSR count). The lowest BCUT2D eigenvalue weighted by molar-refractivity contribution is 0.0773. The van der Waals surface area contributed by atoms with Crippen LogP contribution in [0, 0.1) is 12.7 Å². The molecule has 0 fully saturated rings. The van der Waals surface area contributed by atoms with Gasteiger partial charge in [0.05, 0.1) is 17.2 Å². The summed E-state index contributed by atoms with van der Waals surface area (Å²) in [4.78, 5) is 20.6. The maximum Gasteiger partial charge on any atom is 0.253 e. The van der Waals surface area contributed by atoms with E-state index in [9.17, 15) is 9.18 Å². The van der Waals surface area contributed by atoms with Crippen LogP contribution in [0.3, 0.4) is 0 Å². The van der Waals surface area contributed by atoms with E-state index in [4.69, 9.17) is 4.74 Å². The fourth-order valence-electron chi connectivity index (χ4n) is 3.06. The lowest BCUT2D eigenvalue weighted by atomic mass is 10.2. The first-order chi connectivity index (χ1) is 14.4. The first-order valence-corrected chi connectivity index (χ1v) is 10.6. The fraction of sp³-hybridized carbons (Fsp3) is 0.304. The zero-order valence-corrected chi connectivity index (χ0v) is 18.3. The van der Waals surface area contributed by atoms with Gasteiger partial charge in [0, 0.05) is 31.1 Å². The van der Waals surface area contributed by atoms with E-state index in [0.29, 0.717) is 18.7 Å². The zero-order valence-electron chi connectivity index (χ0n) is 17.5. The van der Waals surface area contributed by atoms with Crippen molar-refractivity contribution in [1.29, 1.82) is 0 Å². The van der Waals surface area contributed by atoms with E-state index >= 15 is 0 Å². The van der Waals surface area contributed by atoms with Gasteiger partial charge >= 0.3 is 0 Å². The number of rotatable bonds is 9. The molecule has 0 saturated heterocycles. The molecular weight excluding hydrogens is 401 g/mol. The molecule has 1 aromatic heterocycles. The van der Waals surface area contributed by atoms with Crippen molar-refractivity contribution in [3.8, 4) is 5.75 Å². The zero-order chi connectivity index (χ0) is 21.5. The van der Waals surface area contributed by atoms with Crippen molar-refractivity contribution in [2.24, 2.45) is 0 Å². The summed E-state index contributed by atoms with van der Waals surface area (Å²) in [5.74, 6) is 0.104. The van der Waals surface area contributed by atoms with Crippen LogP contribution in [0.2, 0.25) is 0 Å². The maximum atomic E-state index is 13.3. The van der Waals surface area contributed by atoms with Crippen molar-refractivity contribution in [3.05, 3.63) is 81.6 Å². The summed E-state index contributed by atoms with van der Waals surface area (Å²) < 4.78 is 19.0. The summed E-state index contributed by atoms with van der Waals surface area (Å²) in [5.41, 5.74) is 2.62. The Kier molecular flexibility index (Phi) is 7.54.